The molecule has 0 aliphatic carbocycles. The van der Waals surface area contributed by atoms with Gasteiger partial charge in [-0.05, 0) is 35.1 Å². The summed E-state index contributed by atoms with van der Waals surface area (Å²) in [6.45, 7) is 0.765. The summed E-state index contributed by atoms with van der Waals surface area (Å²) in [5.74, 6) is -1.09. The molecule has 2 aliphatic rings. The van der Waals surface area contributed by atoms with Gasteiger partial charge in [0.05, 0.1) is 23.2 Å². The van der Waals surface area contributed by atoms with Crippen LogP contribution < -0.4 is 0 Å². The molecule has 3 heterocycles. The van der Waals surface area contributed by atoms with Gasteiger partial charge < -0.3 is 0 Å². The third-order valence-electron chi connectivity index (χ3n) is 5.68. The van der Waals surface area contributed by atoms with Gasteiger partial charge in [0.2, 0.25) is 0 Å². The van der Waals surface area contributed by atoms with E-state index in [0.29, 0.717) is 6.54 Å². The number of fused-ring (bicyclic) bond motifs is 2. The maximum absolute atomic E-state index is 13.0. The highest BCUT2D eigenvalue weighted by molar-refractivity contribution is 7.10. The number of carbonyl (C=O) groups excluding carboxylic acids is 2. The molecule has 30 heavy (non-hydrogen) atoms. The number of nitro groups is 1. The lowest BCUT2D eigenvalue weighted by molar-refractivity contribution is -0.385. The Balaban J connectivity index is 1.51. The van der Waals surface area contributed by atoms with Gasteiger partial charge in [-0.2, -0.15) is 0 Å². The molecule has 5 rings (SSSR count). The summed E-state index contributed by atoms with van der Waals surface area (Å²) in [6.07, 6.45) is 0.833. The molecule has 0 fully saturated rings. The van der Waals surface area contributed by atoms with E-state index < -0.39 is 16.7 Å². The lowest BCUT2D eigenvalue weighted by atomic mass is 9.93. The van der Waals surface area contributed by atoms with Gasteiger partial charge >= 0.3 is 0 Å². The van der Waals surface area contributed by atoms with E-state index in [4.69, 9.17) is 0 Å². The molecule has 8 heteroatoms. The molecule has 3 aromatic rings. The highest BCUT2D eigenvalue weighted by atomic mass is 32.1. The van der Waals surface area contributed by atoms with Crippen LogP contribution >= 0.6 is 11.3 Å². The fourth-order valence-electron chi connectivity index (χ4n) is 4.32. The molecule has 0 radical (unpaired) electrons. The second-order valence-corrected chi connectivity index (χ2v) is 8.31. The smallest absolute Gasteiger partial charge is 0.274 e. The summed E-state index contributed by atoms with van der Waals surface area (Å²) in [7, 11) is 0. The van der Waals surface area contributed by atoms with Crippen molar-refractivity contribution in [1.29, 1.82) is 0 Å². The maximum atomic E-state index is 13.0. The first-order valence-electron chi connectivity index (χ1n) is 9.55. The SMILES string of the molecule is O=C1c2cccc([N+](=O)[O-])c2C(=O)N1CN1CCc2sccc2C1c1ccccc1. The van der Waals surface area contributed by atoms with Crippen LogP contribution in [0.1, 0.15) is 42.8 Å². The largest absolute Gasteiger partial charge is 0.282 e. The second-order valence-electron chi connectivity index (χ2n) is 7.31. The van der Waals surface area contributed by atoms with E-state index in [1.165, 1.54) is 28.6 Å². The van der Waals surface area contributed by atoms with Crippen molar-refractivity contribution in [3.8, 4) is 0 Å². The van der Waals surface area contributed by atoms with Crippen LogP contribution in [-0.2, 0) is 6.42 Å². The van der Waals surface area contributed by atoms with Crippen LogP contribution in [0.15, 0.2) is 60.0 Å². The Morgan fingerprint density at radius 1 is 1.03 bits per heavy atom. The van der Waals surface area contributed by atoms with Crippen molar-refractivity contribution in [2.45, 2.75) is 12.5 Å². The molecule has 0 bridgehead atoms. The van der Waals surface area contributed by atoms with Crippen molar-refractivity contribution >= 4 is 28.8 Å². The normalized spacial score (nSPS) is 18.4. The highest BCUT2D eigenvalue weighted by Crippen LogP contribution is 2.39. The molecule has 2 aliphatic heterocycles. The first-order valence-corrected chi connectivity index (χ1v) is 10.4. The van der Waals surface area contributed by atoms with Crippen molar-refractivity contribution in [3.05, 3.63) is 97.2 Å². The van der Waals surface area contributed by atoms with Gasteiger partial charge in [0.25, 0.3) is 17.5 Å². The minimum absolute atomic E-state index is 0.0817. The number of rotatable bonds is 4. The average molecular weight is 419 g/mol. The number of benzene rings is 2. The molecular weight excluding hydrogens is 402 g/mol. The Bertz CT molecular complexity index is 1170. The number of nitrogens with zero attached hydrogens (tertiary/aromatic N) is 3. The zero-order valence-electron chi connectivity index (χ0n) is 15.9. The third kappa shape index (κ3) is 2.84. The van der Waals surface area contributed by atoms with Crippen LogP contribution in [0.4, 0.5) is 5.69 Å². The predicted molar refractivity (Wildman–Crippen MR) is 111 cm³/mol. The van der Waals surface area contributed by atoms with E-state index in [1.54, 1.807) is 11.3 Å². The minimum Gasteiger partial charge on any atom is -0.274 e. The van der Waals surface area contributed by atoms with Gasteiger partial charge in [-0.3, -0.25) is 29.5 Å². The second kappa shape index (κ2) is 7.16. The van der Waals surface area contributed by atoms with Crippen LogP contribution in [-0.4, -0.2) is 39.8 Å². The summed E-state index contributed by atoms with van der Waals surface area (Å²) in [5, 5.41) is 13.4. The van der Waals surface area contributed by atoms with Crippen molar-refractivity contribution in [1.82, 2.24) is 9.80 Å². The summed E-state index contributed by atoms with van der Waals surface area (Å²) in [5.41, 5.74) is 1.92. The number of imide groups is 1. The Kier molecular flexibility index (Phi) is 4.45. The van der Waals surface area contributed by atoms with E-state index in [-0.39, 0.29) is 29.5 Å². The lowest BCUT2D eigenvalue weighted by Gasteiger charge is -2.37. The standard InChI is InChI=1S/C22H17N3O4S/c26-21-16-7-4-8-17(25(28)29)19(16)22(27)24(21)13-23-11-9-18-15(10-12-30-18)20(23)14-5-2-1-3-6-14/h1-8,10,12,20H,9,11,13H2. The van der Waals surface area contributed by atoms with Crippen LogP contribution in [0.25, 0.3) is 0 Å². The van der Waals surface area contributed by atoms with E-state index in [2.05, 4.69) is 16.3 Å². The first-order chi connectivity index (χ1) is 14.6. The summed E-state index contributed by atoms with van der Waals surface area (Å²) >= 11 is 1.72. The summed E-state index contributed by atoms with van der Waals surface area (Å²) < 4.78 is 0. The van der Waals surface area contributed by atoms with Gasteiger partial charge in [-0.15, -0.1) is 11.3 Å². The lowest BCUT2D eigenvalue weighted by Crippen LogP contribution is -2.45. The van der Waals surface area contributed by atoms with E-state index in [9.17, 15) is 19.7 Å². The molecule has 2 amide bonds. The quantitative estimate of drug-likeness (QED) is 0.364. The van der Waals surface area contributed by atoms with Crippen molar-refractivity contribution < 1.29 is 14.5 Å². The van der Waals surface area contributed by atoms with Gasteiger partial charge in [-0.1, -0.05) is 36.4 Å². The molecule has 0 N–H and O–H groups in total. The fraction of sp³-hybridized carbons (Fsp3) is 0.182. The van der Waals surface area contributed by atoms with E-state index >= 15 is 0 Å². The minimum atomic E-state index is -0.612. The zero-order valence-corrected chi connectivity index (χ0v) is 16.7. The maximum Gasteiger partial charge on any atom is 0.282 e. The molecule has 150 valence electrons. The average Bonchev–Trinajstić information content (AvgIpc) is 3.33. The Morgan fingerprint density at radius 2 is 1.83 bits per heavy atom. The zero-order chi connectivity index (χ0) is 20.8. The third-order valence-corrected chi connectivity index (χ3v) is 6.67. The Labute approximate surface area is 176 Å². The molecule has 1 unspecified atom stereocenters. The van der Waals surface area contributed by atoms with Gasteiger partial charge in [-0.25, -0.2) is 0 Å². The Hall–Kier alpha value is -3.36. The molecule has 0 saturated heterocycles. The topological polar surface area (TPSA) is 83.8 Å². The number of hydrogen-bond acceptors (Lipinski definition) is 6. The summed E-state index contributed by atoms with van der Waals surface area (Å²) in [6, 6.07) is 16.2. The van der Waals surface area contributed by atoms with E-state index in [1.807, 2.05) is 30.3 Å². The fourth-order valence-corrected chi connectivity index (χ4v) is 5.23. The van der Waals surface area contributed by atoms with Gasteiger partial charge in [0.1, 0.15) is 5.56 Å². The van der Waals surface area contributed by atoms with Crippen molar-refractivity contribution in [2.75, 3.05) is 13.2 Å². The molecular formula is C22H17N3O4S. The highest BCUT2D eigenvalue weighted by Gasteiger charge is 2.43. The molecule has 2 aromatic carbocycles. The number of carbonyl (C=O) groups is 2. The number of hydrogen-bond donors (Lipinski definition) is 0. The van der Waals surface area contributed by atoms with Crippen LogP contribution in [0.5, 0.6) is 0 Å². The number of thiophene rings is 1. The van der Waals surface area contributed by atoms with Crippen LogP contribution in [0.2, 0.25) is 0 Å². The first kappa shape index (κ1) is 18.7. The van der Waals surface area contributed by atoms with Crippen LogP contribution in [0.3, 0.4) is 0 Å². The number of nitro benzene ring substituents is 1. The van der Waals surface area contributed by atoms with Crippen molar-refractivity contribution in [3.63, 3.8) is 0 Å². The Morgan fingerprint density at radius 3 is 2.60 bits per heavy atom. The monoisotopic (exact) mass is 419 g/mol. The molecule has 0 saturated carbocycles. The summed E-state index contributed by atoms with van der Waals surface area (Å²) in [4.78, 5) is 41.3. The molecule has 1 atom stereocenters. The van der Waals surface area contributed by atoms with Crippen molar-refractivity contribution in [2.24, 2.45) is 0 Å². The number of amides is 2. The van der Waals surface area contributed by atoms with E-state index in [0.717, 1.165) is 16.9 Å². The van der Waals surface area contributed by atoms with Gasteiger partial charge in [0, 0.05) is 17.5 Å². The molecule has 0 spiro atoms. The predicted octanol–water partition coefficient (Wildman–Crippen LogP) is 3.86. The van der Waals surface area contributed by atoms with Crippen LogP contribution in [0, 0.1) is 10.1 Å². The van der Waals surface area contributed by atoms with Gasteiger partial charge in [0.15, 0.2) is 0 Å². The molecule has 7 nitrogen and oxygen atoms in total. The molecule has 1 aromatic heterocycles.